The lowest BCUT2D eigenvalue weighted by Crippen LogP contribution is -2.24. The molecule has 0 saturated heterocycles. The number of nitrogens with zero attached hydrogens (tertiary/aromatic N) is 1. The van der Waals surface area contributed by atoms with Crippen LogP contribution in [0.3, 0.4) is 0 Å². The van der Waals surface area contributed by atoms with E-state index in [1.54, 1.807) is 13.0 Å². The number of carbonyl (C=O) groups is 1. The zero-order valence-corrected chi connectivity index (χ0v) is 13.5. The fourth-order valence-corrected chi connectivity index (χ4v) is 2.19. The number of nitrogens with one attached hydrogen (secondary N) is 1. The molecule has 0 spiro atoms. The van der Waals surface area contributed by atoms with Crippen molar-refractivity contribution in [3.63, 3.8) is 0 Å². The van der Waals surface area contributed by atoms with Crippen LogP contribution in [0.4, 0.5) is 4.39 Å². The Labute approximate surface area is 138 Å². The van der Waals surface area contributed by atoms with E-state index in [9.17, 15) is 9.18 Å². The molecule has 122 valence electrons. The third-order valence-corrected chi connectivity index (χ3v) is 3.36. The van der Waals surface area contributed by atoms with Crippen molar-refractivity contribution in [2.45, 2.75) is 13.5 Å². The molecule has 0 aliphatic heterocycles. The molecule has 5 nitrogen and oxygen atoms in total. The van der Waals surface area contributed by atoms with Gasteiger partial charge in [0.1, 0.15) is 5.56 Å². The summed E-state index contributed by atoms with van der Waals surface area (Å²) in [6.45, 7) is 2.28. The van der Waals surface area contributed by atoms with Crippen LogP contribution in [0.1, 0.15) is 22.8 Å². The third-order valence-electron chi connectivity index (χ3n) is 3.04. The molecule has 2 aromatic rings. The molecule has 23 heavy (non-hydrogen) atoms. The summed E-state index contributed by atoms with van der Waals surface area (Å²) in [5.74, 6) is -0.621. The Morgan fingerprint density at radius 3 is 2.83 bits per heavy atom. The second-order valence-electron chi connectivity index (χ2n) is 4.56. The van der Waals surface area contributed by atoms with Gasteiger partial charge in [-0.05, 0) is 30.7 Å². The SMILES string of the molecule is CCOc1nccc(Cl)c1C(=O)NCc1ccc(OC)c(F)c1. The van der Waals surface area contributed by atoms with Gasteiger partial charge >= 0.3 is 0 Å². The smallest absolute Gasteiger partial charge is 0.258 e. The van der Waals surface area contributed by atoms with Crippen molar-refractivity contribution in [3.05, 3.63) is 52.4 Å². The van der Waals surface area contributed by atoms with Gasteiger partial charge in [0.15, 0.2) is 11.6 Å². The van der Waals surface area contributed by atoms with Gasteiger partial charge in [0.25, 0.3) is 5.91 Å². The number of ether oxygens (including phenoxy) is 2. The predicted molar refractivity (Wildman–Crippen MR) is 84.5 cm³/mol. The molecule has 1 heterocycles. The standard InChI is InChI=1S/C16H16ClFN2O3/c1-3-23-16-14(11(17)6-7-19-16)15(21)20-9-10-4-5-13(22-2)12(18)8-10/h4-8H,3,9H2,1-2H3,(H,20,21). The number of methoxy groups -OCH3 is 1. The van der Waals surface area contributed by atoms with Gasteiger partial charge in [-0.2, -0.15) is 0 Å². The Hall–Kier alpha value is -2.34. The Bertz CT molecular complexity index is 710. The average molecular weight is 339 g/mol. The second-order valence-corrected chi connectivity index (χ2v) is 4.96. The first-order chi connectivity index (χ1) is 11.1. The van der Waals surface area contributed by atoms with Crippen molar-refractivity contribution >= 4 is 17.5 Å². The van der Waals surface area contributed by atoms with Crippen LogP contribution in [-0.4, -0.2) is 24.6 Å². The van der Waals surface area contributed by atoms with E-state index in [2.05, 4.69) is 10.3 Å². The molecule has 1 amide bonds. The van der Waals surface area contributed by atoms with E-state index < -0.39 is 11.7 Å². The highest BCUT2D eigenvalue weighted by molar-refractivity contribution is 6.34. The quantitative estimate of drug-likeness (QED) is 0.878. The van der Waals surface area contributed by atoms with Crippen LogP contribution in [0.5, 0.6) is 11.6 Å². The summed E-state index contributed by atoms with van der Waals surface area (Å²) in [5.41, 5.74) is 0.750. The molecule has 2 rings (SSSR count). The lowest BCUT2D eigenvalue weighted by molar-refractivity contribution is 0.0946. The zero-order chi connectivity index (χ0) is 16.8. The summed E-state index contributed by atoms with van der Waals surface area (Å²) in [6, 6.07) is 5.97. The summed E-state index contributed by atoms with van der Waals surface area (Å²) < 4.78 is 23.8. The molecule has 0 radical (unpaired) electrons. The number of amides is 1. The monoisotopic (exact) mass is 338 g/mol. The molecular formula is C16H16ClFN2O3. The topological polar surface area (TPSA) is 60.5 Å². The Kier molecular flexibility index (Phi) is 5.76. The minimum atomic E-state index is -0.492. The normalized spacial score (nSPS) is 10.3. The molecule has 0 aliphatic carbocycles. The largest absolute Gasteiger partial charge is 0.494 e. The number of pyridine rings is 1. The van der Waals surface area contributed by atoms with Crippen LogP contribution in [-0.2, 0) is 6.54 Å². The van der Waals surface area contributed by atoms with Gasteiger partial charge in [-0.1, -0.05) is 17.7 Å². The highest BCUT2D eigenvalue weighted by Gasteiger charge is 2.18. The lowest BCUT2D eigenvalue weighted by atomic mass is 10.2. The van der Waals surface area contributed by atoms with E-state index >= 15 is 0 Å². The molecule has 1 aromatic carbocycles. The fraction of sp³-hybridized carbons (Fsp3) is 0.250. The van der Waals surface area contributed by atoms with Crippen molar-refractivity contribution in [3.8, 4) is 11.6 Å². The number of halogens is 2. The third kappa shape index (κ3) is 4.10. The molecule has 0 atom stereocenters. The average Bonchev–Trinajstić information content (AvgIpc) is 2.53. The highest BCUT2D eigenvalue weighted by atomic mass is 35.5. The highest BCUT2D eigenvalue weighted by Crippen LogP contribution is 2.24. The van der Waals surface area contributed by atoms with Gasteiger partial charge in [0, 0.05) is 12.7 Å². The van der Waals surface area contributed by atoms with Crippen molar-refractivity contribution in [2.24, 2.45) is 0 Å². The number of rotatable bonds is 6. The summed E-state index contributed by atoms with van der Waals surface area (Å²) >= 11 is 6.05. The maximum absolute atomic E-state index is 13.6. The molecule has 0 aliphatic rings. The molecule has 0 bridgehead atoms. The molecule has 0 saturated carbocycles. The van der Waals surface area contributed by atoms with Gasteiger partial charge in [-0.25, -0.2) is 9.37 Å². The molecule has 0 fully saturated rings. The van der Waals surface area contributed by atoms with E-state index in [0.29, 0.717) is 12.2 Å². The number of benzene rings is 1. The summed E-state index contributed by atoms with van der Waals surface area (Å²) in [4.78, 5) is 16.3. The molecule has 7 heteroatoms. The Morgan fingerprint density at radius 2 is 2.17 bits per heavy atom. The van der Waals surface area contributed by atoms with Gasteiger partial charge < -0.3 is 14.8 Å². The van der Waals surface area contributed by atoms with Crippen molar-refractivity contribution in [2.75, 3.05) is 13.7 Å². The first-order valence-corrected chi connectivity index (χ1v) is 7.32. The molecule has 0 unspecified atom stereocenters. The first-order valence-electron chi connectivity index (χ1n) is 6.94. The van der Waals surface area contributed by atoms with Gasteiger partial charge in [0.2, 0.25) is 5.88 Å². The van der Waals surface area contributed by atoms with Crippen LogP contribution in [0.2, 0.25) is 5.02 Å². The maximum atomic E-state index is 13.6. The van der Waals surface area contributed by atoms with E-state index in [-0.39, 0.29) is 28.8 Å². The minimum Gasteiger partial charge on any atom is -0.494 e. The van der Waals surface area contributed by atoms with Crippen LogP contribution in [0.25, 0.3) is 0 Å². The second kappa shape index (κ2) is 7.78. The van der Waals surface area contributed by atoms with Gasteiger partial charge in [0.05, 0.1) is 18.7 Å². The molecule has 1 N–H and O–H groups in total. The maximum Gasteiger partial charge on any atom is 0.258 e. The minimum absolute atomic E-state index is 0.135. The number of aromatic nitrogens is 1. The Balaban J connectivity index is 2.12. The van der Waals surface area contributed by atoms with E-state index in [0.717, 1.165) is 0 Å². The number of hydrogen-bond donors (Lipinski definition) is 1. The first kappa shape index (κ1) is 17.0. The molecule has 1 aromatic heterocycles. The van der Waals surface area contributed by atoms with Gasteiger partial charge in [-0.3, -0.25) is 4.79 Å². The zero-order valence-electron chi connectivity index (χ0n) is 12.7. The lowest BCUT2D eigenvalue weighted by Gasteiger charge is -2.11. The van der Waals surface area contributed by atoms with Crippen LogP contribution in [0, 0.1) is 5.82 Å². The van der Waals surface area contributed by atoms with Crippen LogP contribution < -0.4 is 14.8 Å². The van der Waals surface area contributed by atoms with Crippen molar-refractivity contribution in [1.29, 1.82) is 0 Å². The van der Waals surface area contributed by atoms with Crippen molar-refractivity contribution < 1.29 is 18.7 Å². The summed E-state index contributed by atoms with van der Waals surface area (Å²) in [6.07, 6.45) is 1.46. The van der Waals surface area contributed by atoms with Gasteiger partial charge in [-0.15, -0.1) is 0 Å². The molecular weight excluding hydrogens is 323 g/mol. The predicted octanol–water partition coefficient (Wildman–Crippen LogP) is 3.21. The van der Waals surface area contributed by atoms with Crippen LogP contribution >= 0.6 is 11.6 Å². The van der Waals surface area contributed by atoms with E-state index in [4.69, 9.17) is 21.1 Å². The van der Waals surface area contributed by atoms with Crippen molar-refractivity contribution in [1.82, 2.24) is 10.3 Å². The summed E-state index contributed by atoms with van der Waals surface area (Å²) in [5, 5.41) is 2.91. The fourth-order valence-electron chi connectivity index (χ4n) is 1.96. The number of hydrogen-bond acceptors (Lipinski definition) is 4. The summed E-state index contributed by atoms with van der Waals surface area (Å²) in [7, 11) is 1.39. The van der Waals surface area contributed by atoms with Crippen LogP contribution in [0.15, 0.2) is 30.5 Å². The van der Waals surface area contributed by atoms with E-state index in [1.165, 1.54) is 31.5 Å². The number of carbonyl (C=O) groups excluding carboxylic acids is 1. The Morgan fingerprint density at radius 1 is 1.39 bits per heavy atom. The van der Waals surface area contributed by atoms with E-state index in [1.807, 2.05) is 0 Å².